The molecule has 192 valence electrons. The van der Waals surface area contributed by atoms with Crippen molar-refractivity contribution in [3.05, 3.63) is 109 Å². The van der Waals surface area contributed by atoms with Crippen molar-refractivity contribution in [2.75, 3.05) is 4.90 Å². The van der Waals surface area contributed by atoms with Gasteiger partial charge in [0.2, 0.25) is 5.13 Å². The second-order valence-corrected chi connectivity index (χ2v) is 12.4. The minimum absolute atomic E-state index is 0.00137. The molecular weight excluding hydrogens is 629 g/mol. The number of Topliss-reactive ketones (excluding diaryl/α,β-unsaturated/α-hetero) is 1. The van der Waals surface area contributed by atoms with Crippen molar-refractivity contribution in [3.63, 3.8) is 0 Å². The van der Waals surface area contributed by atoms with E-state index in [1.165, 1.54) is 28.0 Å². The summed E-state index contributed by atoms with van der Waals surface area (Å²) in [6.45, 7) is 1.93. The second kappa shape index (κ2) is 11.2. The van der Waals surface area contributed by atoms with Crippen molar-refractivity contribution in [3.8, 4) is 0 Å². The monoisotopic (exact) mass is 645 g/mol. The van der Waals surface area contributed by atoms with Gasteiger partial charge in [-0.2, -0.15) is 0 Å². The third-order valence-corrected chi connectivity index (χ3v) is 9.14. The Balaban J connectivity index is 1.52. The molecular formula is C27H18BrCl2N3O3S2. The van der Waals surface area contributed by atoms with Crippen LogP contribution >= 0.6 is 62.2 Å². The number of benzene rings is 3. The Bertz CT molecular complexity index is 1570. The lowest BCUT2D eigenvalue weighted by Gasteiger charge is -2.22. The lowest BCUT2D eigenvalue weighted by Crippen LogP contribution is -2.29. The number of aliphatic hydroxyl groups excluding tert-OH is 1. The number of aryl methyl sites for hydroxylation is 1. The number of nitrogens with zero attached hydrogens (tertiary/aromatic N) is 3. The van der Waals surface area contributed by atoms with Gasteiger partial charge in [-0.1, -0.05) is 110 Å². The minimum atomic E-state index is -0.874. The standard InChI is InChI=1S/C27H18BrCl2N3O3S2/c1-14-2-4-16(5-3-14)23(34)21-22(15-6-9-18(28)10-7-15)33(25(36)24(21)35)26-31-32-27(38-26)37-13-17-8-11-19(29)12-20(17)30/h2-12,22,34H,13H2,1H3/b23-21-. The molecule has 11 heteroatoms. The number of anilines is 1. The first-order valence-electron chi connectivity index (χ1n) is 11.3. The molecule has 1 amide bonds. The number of rotatable bonds is 6. The van der Waals surface area contributed by atoms with E-state index < -0.39 is 17.7 Å². The van der Waals surface area contributed by atoms with Crippen molar-refractivity contribution >= 4 is 84.8 Å². The van der Waals surface area contributed by atoms with Crippen LogP contribution in [-0.4, -0.2) is 27.0 Å². The van der Waals surface area contributed by atoms with E-state index in [1.54, 1.807) is 36.4 Å². The van der Waals surface area contributed by atoms with Crippen LogP contribution in [0.4, 0.5) is 5.13 Å². The maximum Gasteiger partial charge on any atom is 0.301 e. The van der Waals surface area contributed by atoms with Crippen LogP contribution in [0.3, 0.4) is 0 Å². The molecule has 4 aromatic rings. The van der Waals surface area contributed by atoms with Gasteiger partial charge in [0.25, 0.3) is 5.78 Å². The number of carbonyl (C=O) groups is 2. The van der Waals surface area contributed by atoms with E-state index in [1.807, 2.05) is 37.3 Å². The highest BCUT2D eigenvalue weighted by Crippen LogP contribution is 2.44. The van der Waals surface area contributed by atoms with E-state index in [0.717, 1.165) is 15.6 Å². The number of aromatic nitrogens is 2. The van der Waals surface area contributed by atoms with Crippen LogP contribution in [0.1, 0.15) is 28.3 Å². The van der Waals surface area contributed by atoms with E-state index >= 15 is 0 Å². The summed E-state index contributed by atoms with van der Waals surface area (Å²) in [5, 5.41) is 21.1. The van der Waals surface area contributed by atoms with E-state index in [9.17, 15) is 14.7 Å². The van der Waals surface area contributed by atoms with E-state index in [2.05, 4.69) is 26.1 Å². The lowest BCUT2D eigenvalue weighted by atomic mass is 9.95. The maximum atomic E-state index is 13.3. The number of amides is 1. The van der Waals surface area contributed by atoms with Gasteiger partial charge >= 0.3 is 5.91 Å². The normalized spacial score (nSPS) is 16.8. The van der Waals surface area contributed by atoms with Gasteiger partial charge in [-0.15, -0.1) is 10.2 Å². The Kier molecular flexibility index (Phi) is 7.93. The van der Waals surface area contributed by atoms with Gasteiger partial charge in [0.15, 0.2) is 4.34 Å². The molecule has 1 aromatic heterocycles. The first-order valence-corrected chi connectivity index (χ1v) is 14.6. The number of carbonyl (C=O) groups excluding carboxylic acids is 2. The summed E-state index contributed by atoms with van der Waals surface area (Å²) >= 11 is 18.3. The third-order valence-electron chi connectivity index (χ3n) is 5.92. The SMILES string of the molecule is Cc1ccc(/C(O)=C2/C(=O)C(=O)N(c3nnc(SCc4ccc(Cl)cc4Cl)s3)C2c2ccc(Br)cc2)cc1. The number of hydrogen-bond acceptors (Lipinski definition) is 7. The minimum Gasteiger partial charge on any atom is -0.507 e. The average molecular weight is 647 g/mol. The molecule has 1 unspecified atom stereocenters. The molecule has 6 nitrogen and oxygen atoms in total. The van der Waals surface area contributed by atoms with Crippen LogP contribution in [0.25, 0.3) is 5.76 Å². The summed E-state index contributed by atoms with van der Waals surface area (Å²) in [6, 6.07) is 18.8. The van der Waals surface area contributed by atoms with Crippen molar-refractivity contribution in [1.29, 1.82) is 0 Å². The van der Waals surface area contributed by atoms with Crippen LogP contribution in [0.5, 0.6) is 0 Å². The first-order chi connectivity index (χ1) is 18.2. The van der Waals surface area contributed by atoms with Gasteiger partial charge < -0.3 is 5.11 Å². The lowest BCUT2D eigenvalue weighted by molar-refractivity contribution is -0.132. The van der Waals surface area contributed by atoms with Crippen LogP contribution in [0.15, 0.2) is 81.1 Å². The summed E-state index contributed by atoms with van der Waals surface area (Å²) in [4.78, 5) is 28.0. The average Bonchev–Trinajstić information content (AvgIpc) is 3.46. The zero-order valence-electron chi connectivity index (χ0n) is 19.7. The molecule has 2 heterocycles. The Labute approximate surface area is 245 Å². The summed E-state index contributed by atoms with van der Waals surface area (Å²) in [5.74, 6) is -1.28. The predicted molar refractivity (Wildman–Crippen MR) is 156 cm³/mol. The quantitative estimate of drug-likeness (QED) is 0.0756. The van der Waals surface area contributed by atoms with Crippen LogP contribution in [-0.2, 0) is 15.3 Å². The molecule has 0 aliphatic carbocycles. The topological polar surface area (TPSA) is 83.4 Å². The fraction of sp³-hybridized carbons (Fsp3) is 0.111. The summed E-state index contributed by atoms with van der Waals surface area (Å²) < 4.78 is 1.44. The Morgan fingerprint density at radius 3 is 2.45 bits per heavy atom. The molecule has 1 fully saturated rings. The van der Waals surface area contributed by atoms with Gasteiger partial charge in [0.1, 0.15) is 5.76 Å². The molecule has 0 spiro atoms. The molecule has 1 atom stereocenters. The smallest absolute Gasteiger partial charge is 0.301 e. The molecule has 1 aliphatic heterocycles. The summed E-state index contributed by atoms with van der Waals surface area (Å²) in [5.41, 5.74) is 2.98. The molecule has 0 saturated carbocycles. The van der Waals surface area contributed by atoms with Gasteiger partial charge in [0, 0.05) is 25.8 Å². The fourth-order valence-corrected chi connectivity index (χ4v) is 6.68. The zero-order valence-corrected chi connectivity index (χ0v) is 24.4. The number of halogens is 3. The van der Waals surface area contributed by atoms with E-state index in [4.69, 9.17) is 23.2 Å². The summed E-state index contributed by atoms with van der Waals surface area (Å²) in [6.07, 6.45) is 0. The number of hydrogen-bond donors (Lipinski definition) is 1. The third kappa shape index (κ3) is 5.39. The largest absolute Gasteiger partial charge is 0.507 e. The molecule has 1 saturated heterocycles. The molecule has 3 aromatic carbocycles. The number of ketones is 1. The van der Waals surface area contributed by atoms with Crippen LogP contribution < -0.4 is 4.90 Å². The zero-order chi connectivity index (χ0) is 27.0. The second-order valence-electron chi connectivity index (χ2n) is 8.46. The van der Waals surface area contributed by atoms with E-state index in [0.29, 0.717) is 31.3 Å². The molecule has 1 aliphatic rings. The Morgan fingerprint density at radius 1 is 1.05 bits per heavy atom. The predicted octanol–water partition coefficient (Wildman–Crippen LogP) is 7.83. The summed E-state index contributed by atoms with van der Waals surface area (Å²) in [7, 11) is 0. The molecule has 1 N–H and O–H groups in total. The maximum absolute atomic E-state index is 13.3. The Hall–Kier alpha value is -2.69. The van der Waals surface area contributed by atoms with Gasteiger partial charge in [-0.05, 0) is 42.3 Å². The van der Waals surface area contributed by atoms with E-state index in [-0.39, 0.29) is 16.5 Å². The fourth-order valence-electron chi connectivity index (χ4n) is 3.99. The highest BCUT2D eigenvalue weighted by Gasteiger charge is 2.48. The molecule has 0 bridgehead atoms. The number of thioether (sulfide) groups is 1. The highest BCUT2D eigenvalue weighted by molar-refractivity contribution is 9.10. The molecule has 5 rings (SSSR count). The van der Waals surface area contributed by atoms with Gasteiger partial charge in [0.05, 0.1) is 11.6 Å². The first kappa shape index (κ1) is 26.9. The van der Waals surface area contributed by atoms with Crippen molar-refractivity contribution in [2.45, 2.75) is 23.1 Å². The Morgan fingerprint density at radius 2 is 1.76 bits per heavy atom. The highest BCUT2D eigenvalue weighted by atomic mass is 79.9. The molecule has 38 heavy (non-hydrogen) atoms. The van der Waals surface area contributed by atoms with Crippen LogP contribution in [0, 0.1) is 6.92 Å². The van der Waals surface area contributed by atoms with Gasteiger partial charge in [-0.3, -0.25) is 14.5 Å². The van der Waals surface area contributed by atoms with Crippen molar-refractivity contribution in [2.24, 2.45) is 0 Å². The van der Waals surface area contributed by atoms with Crippen LogP contribution in [0.2, 0.25) is 10.0 Å². The van der Waals surface area contributed by atoms with Crippen molar-refractivity contribution in [1.82, 2.24) is 10.2 Å². The number of aliphatic hydroxyl groups is 1. The van der Waals surface area contributed by atoms with Gasteiger partial charge in [-0.25, -0.2) is 0 Å². The molecule has 0 radical (unpaired) electrons. The van der Waals surface area contributed by atoms with Crippen molar-refractivity contribution < 1.29 is 14.7 Å².